The number of aryl methyl sites for hydroxylation is 1. The summed E-state index contributed by atoms with van der Waals surface area (Å²) in [6, 6.07) is 8.03. The molecule has 0 aliphatic heterocycles. The van der Waals surface area contributed by atoms with E-state index in [-0.39, 0.29) is 5.91 Å². The van der Waals surface area contributed by atoms with Crippen molar-refractivity contribution in [1.82, 2.24) is 15.2 Å². The quantitative estimate of drug-likeness (QED) is 0.591. The van der Waals surface area contributed by atoms with E-state index in [0.717, 1.165) is 22.1 Å². The average Bonchev–Trinajstić information content (AvgIpc) is 3.25. The number of thioether (sulfide) groups is 1. The van der Waals surface area contributed by atoms with Gasteiger partial charge in [0.05, 0.1) is 11.4 Å². The molecule has 0 fully saturated rings. The molecule has 0 aliphatic rings. The summed E-state index contributed by atoms with van der Waals surface area (Å²) < 4.78 is 0.920. The molecule has 0 aliphatic carbocycles. The molecule has 1 amide bonds. The molecule has 0 saturated carbocycles. The van der Waals surface area contributed by atoms with Gasteiger partial charge < -0.3 is 0 Å². The van der Waals surface area contributed by atoms with Gasteiger partial charge in [-0.15, -0.1) is 21.5 Å². The van der Waals surface area contributed by atoms with Crippen LogP contribution in [0.3, 0.4) is 0 Å². The van der Waals surface area contributed by atoms with Crippen LogP contribution in [0.5, 0.6) is 0 Å². The molecule has 2 heterocycles. The molecule has 8 heteroatoms. The lowest BCUT2D eigenvalue weighted by Crippen LogP contribution is -2.22. The van der Waals surface area contributed by atoms with Crippen LogP contribution in [-0.2, 0) is 17.0 Å². The summed E-state index contributed by atoms with van der Waals surface area (Å²) in [6.07, 6.45) is 0.977. The normalized spacial score (nSPS) is 10.8. The third kappa shape index (κ3) is 4.00. The second kappa shape index (κ2) is 7.87. The fourth-order valence-electron chi connectivity index (χ4n) is 2.13. The zero-order valence-corrected chi connectivity index (χ0v) is 15.7. The van der Waals surface area contributed by atoms with Gasteiger partial charge in [-0.1, -0.05) is 42.2 Å². The zero-order valence-electron chi connectivity index (χ0n) is 13.3. The van der Waals surface area contributed by atoms with Crippen LogP contribution >= 0.6 is 34.4 Å². The van der Waals surface area contributed by atoms with Crippen molar-refractivity contribution < 1.29 is 4.79 Å². The number of nitrogens with zero attached hydrogens (tertiary/aromatic N) is 4. The van der Waals surface area contributed by atoms with Gasteiger partial charge in [-0.2, -0.15) is 0 Å². The molecule has 2 aromatic heterocycles. The van der Waals surface area contributed by atoms with E-state index in [1.54, 1.807) is 29.1 Å². The standard InChI is InChI=1S/C16H16N4OS3/c1-3-12-4-6-14(7-5-12)20(11(2)21)15-18-13(8-22-15)9-23-16-19-17-10-24-16/h4-8,10H,3,9H2,1-2H3. The molecule has 124 valence electrons. The number of anilines is 2. The van der Waals surface area contributed by atoms with Crippen molar-refractivity contribution in [2.24, 2.45) is 0 Å². The van der Waals surface area contributed by atoms with Crippen LogP contribution in [0, 0.1) is 0 Å². The third-order valence-corrected chi connectivity index (χ3v) is 6.10. The van der Waals surface area contributed by atoms with Gasteiger partial charge in [0.15, 0.2) is 9.47 Å². The number of benzene rings is 1. The van der Waals surface area contributed by atoms with Crippen LogP contribution in [0.15, 0.2) is 39.5 Å². The Labute approximate surface area is 152 Å². The van der Waals surface area contributed by atoms with Crippen molar-refractivity contribution in [3.05, 3.63) is 46.4 Å². The summed E-state index contributed by atoms with van der Waals surface area (Å²) in [7, 11) is 0. The zero-order chi connectivity index (χ0) is 16.9. The van der Waals surface area contributed by atoms with Gasteiger partial charge in [0, 0.05) is 18.1 Å². The lowest BCUT2D eigenvalue weighted by molar-refractivity contribution is -0.115. The molecule has 0 unspecified atom stereocenters. The average molecular weight is 377 g/mol. The summed E-state index contributed by atoms with van der Waals surface area (Å²) in [5.74, 6) is 0.670. The summed E-state index contributed by atoms with van der Waals surface area (Å²) in [4.78, 5) is 18.4. The van der Waals surface area contributed by atoms with Crippen LogP contribution in [0.2, 0.25) is 0 Å². The second-order valence-electron chi connectivity index (χ2n) is 4.99. The minimum absolute atomic E-state index is 0.0445. The molecule has 0 N–H and O–H groups in total. The highest BCUT2D eigenvalue weighted by molar-refractivity contribution is 8.00. The summed E-state index contributed by atoms with van der Waals surface area (Å²) >= 11 is 4.59. The number of aromatic nitrogens is 3. The maximum absolute atomic E-state index is 12.1. The summed E-state index contributed by atoms with van der Waals surface area (Å²) in [5.41, 5.74) is 4.74. The number of hydrogen-bond acceptors (Lipinski definition) is 7. The molecule has 24 heavy (non-hydrogen) atoms. The second-order valence-corrected chi connectivity index (χ2v) is 7.88. The molecule has 0 radical (unpaired) electrons. The SMILES string of the molecule is CCc1ccc(N(C(C)=O)c2nc(CSc3nncs3)cs2)cc1. The Balaban J connectivity index is 1.77. The highest BCUT2D eigenvalue weighted by atomic mass is 32.2. The number of hydrogen-bond donors (Lipinski definition) is 0. The van der Waals surface area contributed by atoms with Gasteiger partial charge in [-0.05, 0) is 24.1 Å². The first kappa shape index (κ1) is 17.1. The maximum Gasteiger partial charge on any atom is 0.230 e. The molecular formula is C16H16N4OS3. The number of carbonyl (C=O) groups is 1. The van der Waals surface area contributed by atoms with Crippen molar-refractivity contribution >= 4 is 51.2 Å². The predicted molar refractivity (Wildman–Crippen MR) is 100 cm³/mol. The largest absolute Gasteiger partial charge is 0.274 e. The van der Waals surface area contributed by atoms with Crippen LogP contribution in [0.25, 0.3) is 0 Å². The molecule has 1 aromatic carbocycles. The highest BCUT2D eigenvalue weighted by Gasteiger charge is 2.18. The van der Waals surface area contributed by atoms with E-state index in [9.17, 15) is 4.79 Å². The molecule has 5 nitrogen and oxygen atoms in total. The highest BCUT2D eigenvalue weighted by Crippen LogP contribution is 2.31. The van der Waals surface area contributed by atoms with Gasteiger partial charge >= 0.3 is 0 Å². The van der Waals surface area contributed by atoms with E-state index in [2.05, 4.69) is 22.1 Å². The van der Waals surface area contributed by atoms with Crippen LogP contribution in [0.4, 0.5) is 10.8 Å². The van der Waals surface area contributed by atoms with Gasteiger partial charge in [0.1, 0.15) is 5.51 Å². The Morgan fingerprint density at radius 1 is 1.25 bits per heavy atom. The van der Waals surface area contributed by atoms with Gasteiger partial charge in [-0.25, -0.2) is 4.98 Å². The first-order chi connectivity index (χ1) is 11.7. The number of carbonyl (C=O) groups excluding carboxylic acids is 1. The minimum atomic E-state index is -0.0445. The Morgan fingerprint density at radius 3 is 2.67 bits per heavy atom. The van der Waals surface area contributed by atoms with E-state index in [4.69, 9.17) is 0 Å². The van der Waals surface area contributed by atoms with E-state index in [1.807, 2.05) is 29.6 Å². The first-order valence-electron chi connectivity index (χ1n) is 7.40. The van der Waals surface area contributed by atoms with Crippen molar-refractivity contribution in [2.75, 3.05) is 4.90 Å². The lowest BCUT2D eigenvalue weighted by Gasteiger charge is -2.18. The molecule has 0 bridgehead atoms. The first-order valence-corrected chi connectivity index (χ1v) is 10.1. The van der Waals surface area contributed by atoms with Gasteiger partial charge in [-0.3, -0.25) is 9.69 Å². The van der Waals surface area contributed by atoms with E-state index in [0.29, 0.717) is 10.9 Å². The number of amides is 1. The third-order valence-electron chi connectivity index (χ3n) is 3.33. The Kier molecular flexibility index (Phi) is 5.60. The van der Waals surface area contributed by atoms with Crippen LogP contribution in [0.1, 0.15) is 25.1 Å². The Hall–Kier alpha value is -1.77. The molecular weight excluding hydrogens is 360 g/mol. The van der Waals surface area contributed by atoms with Gasteiger partial charge in [0.25, 0.3) is 0 Å². The van der Waals surface area contributed by atoms with Crippen molar-refractivity contribution in [1.29, 1.82) is 0 Å². The molecule has 0 saturated heterocycles. The smallest absolute Gasteiger partial charge is 0.230 e. The maximum atomic E-state index is 12.1. The fourth-order valence-corrected chi connectivity index (χ4v) is 4.51. The predicted octanol–water partition coefficient (Wildman–Crippen LogP) is 4.53. The molecule has 3 aromatic rings. The molecule has 0 atom stereocenters. The van der Waals surface area contributed by atoms with Crippen LogP contribution in [-0.4, -0.2) is 21.1 Å². The number of rotatable bonds is 6. The number of thiazole rings is 1. The summed E-state index contributed by atoms with van der Waals surface area (Å²) in [6.45, 7) is 3.67. The Morgan fingerprint density at radius 2 is 2.04 bits per heavy atom. The summed E-state index contributed by atoms with van der Waals surface area (Å²) in [5, 5.41) is 10.5. The van der Waals surface area contributed by atoms with E-state index >= 15 is 0 Å². The lowest BCUT2D eigenvalue weighted by atomic mass is 10.1. The molecule has 0 spiro atoms. The fraction of sp³-hybridized carbons (Fsp3) is 0.250. The topological polar surface area (TPSA) is 59.0 Å². The Bertz CT molecular complexity index is 799. The van der Waals surface area contributed by atoms with Gasteiger partial charge in [0.2, 0.25) is 5.91 Å². The monoisotopic (exact) mass is 376 g/mol. The van der Waals surface area contributed by atoms with Crippen LogP contribution < -0.4 is 4.90 Å². The van der Waals surface area contributed by atoms with E-state index < -0.39 is 0 Å². The minimum Gasteiger partial charge on any atom is -0.274 e. The molecule has 3 rings (SSSR count). The van der Waals surface area contributed by atoms with Crippen molar-refractivity contribution in [3.63, 3.8) is 0 Å². The van der Waals surface area contributed by atoms with Crippen molar-refractivity contribution in [2.45, 2.75) is 30.4 Å². The van der Waals surface area contributed by atoms with E-state index in [1.165, 1.54) is 28.2 Å². The van der Waals surface area contributed by atoms with Crippen molar-refractivity contribution in [3.8, 4) is 0 Å².